The van der Waals surface area contributed by atoms with Gasteiger partial charge in [-0.1, -0.05) is 33.1 Å². The maximum Gasteiger partial charge on any atom is 0.152 e. The molecular weight excluding hydrogens is 304 g/mol. The average molecular weight is 339 g/mol. The monoisotopic (exact) mass is 338 g/mol. The van der Waals surface area contributed by atoms with E-state index in [1.165, 1.54) is 25.7 Å². The lowest BCUT2D eigenvalue weighted by molar-refractivity contribution is 0.00588. The van der Waals surface area contributed by atoms with Crippen LogP contribution < -0.4 is 0 Å². The standard InChI is InChI=1S/C16H34O5S/c1-3-5-8-16(4-2)15-21-13-12-20-11-10-19-9-6-7-14-22(17)18/h16H,3-15H2,1-2H3,(H,17,18). The number of unbranched alkanes of at least 4 members (excludes halogenated alkanes) is 2. The number of hydrogen-bond donors (Lipinski definition) is 1. The lowest BCUT2D eigenvalue weighted by Crippen LogP contribution is -2.14. The zero-order valence-corrected chi connectivity index (χ0v) is 15.1. The van der Waals surface area contributed by atoms with Gasteiger partial charge in [0.05, 0.1) is 26.4 Å². The highest BCUT2D eigenvalue weighted by Gasteiger charge is 2.05. The summed E-state index contributed by atoms with van der Waals surface area (Å²) in [5, 5.41) is 0. The van der Waals surface area contributed by atoms with Gasteiger partial charge in [-0.3, -0.25) is 0 Å². The Morgan fingerprint density at radius 1 is 0.909 bits per heavy atom. The first-order chi connectivity index (χ1) is 10.7. The summed E-state index contributed by atoms with van der Waals surface area (Å²) in [5.74, 6) is 1.00. The largest absolute Gasteiger partial charge is 0.379 e. The maximum atomic E-state index is 10.4. The molecule has 2 unspecified atom stereocenters. The molecule has 2 atom stereocenters. The predicted molar refractivity (Wildman–Crippen MR) is 90.6 cm³/mol. The Kier molecular flexibility index (Phi) is 17.3. The highest BCUT2D eigenvalue weighted by atomic mass is 32.2. The van der Waals surface area contributed by atoms with Gasteiger partial charge in [-0.15, -0.1) is 0 Å². The Hall–Kier alpha value is -0.0100. The first kappa shape index (κ1) is 22.0. The van der Waals surface area contributed by atoms with Gasteiger partial charge in [0.1, 0.15) is 0 Å². The number of ether oxygens (including phenoxy) is 3. The van der Waals surface area contributed by atoms with Crippen molar-refractivity contribution in [2.24, 2.45) is 5.92 Å². The van der Waals surface area contributed by atoms with Crippen molar-refractivity contribution in [3.8, 4) is 0 Å². The van der Waals surface area contributed by atoms with Crippen LogP contribution in [-0.4, -0.2) is 54.2 Å². The second-order valence-corrected chi connectivity index (χ2v) is 6.50. The van der Waals surface area contributed by atoms with E-state index < -0.39 is 11.1 Å². The Balaban J connectivity index is 3.18. The van der Waals surface area contributed by atoms with Gasteiger partial charge in [0.25, 0.3) is 0 Å². The molecule has 0 aliphatic carbocycles. The lowest BCUT2D eigenvalue weighted by atomic mass is 10.0. The molecule has 0 heterocycles. The number of hydrogen-bond acceptors (Lipinski definition) is 4. The normalized spacial score (nSPS) is 14.1. The van der Waals surface area contributed by atoms with Crippen molar-refractivity contribution in [2.75, 3.05) is 45.4 Å². The van der Waals surface area contributed by atoms with Gasteiger partial charge in [0, 0.05) is 19.0 Å². The van der Waals surface area contributed by atoms with Gasteiger partial charge in [0.15, 0.2) is 11.1 Å². The first-order valence-corrected chi connectivity index (χ1v) is 9.78. The highest BCUT2D eigenvalue weighted by molar-refractivity contribution is 7.79. The molecule has 0 amide bonds. The van der Waals surface area contributed by atoms with Crippen LogP contribution >= 0.6 is 0 Å². The molecule has 0 aliphatic heterocycles. The molecule has 0 aromatic heterocycles. The summed E-state index contributed by atoms with van der Waals surface area (Å²) in [6, 6.07) is 0. The topological polar surface area (TPSA) is 65.0 Å². The summed E-state index contributed by atoms with van der Waals surface area (Å²) in [5.41, 5.74) is 0. The van der Waals surface area contributed by atoms with Gasteiger partial charge in [0.2, 0.25) is 0 Å². The minimum atomic E-state index is -1.68. The van der Waals surface area contributed by atoms with Gasteiger partial charge in [-0.25, -0.2) is 4.21 Å². The summed E-state index contributed by atoms with van der Waals surface area (Å²) in [7, 11) is 0. The number of rotatable bonds is 17. The third-order valence-corrected chi connectivity index (χ3v) is 4.14. The molecule has 22 heavy (non-hydrogen) atoms. The van der Waals surface area contributed by atoms with Crippen molar-refractivity contribution in [1.82, 2.24) is 0 Å². The van der Waals surface area contributed by atoms with Crippen LogP contribution in [0.4, 0.5) is 0 Å². The summed E-state index contributed by atoms with van der Waals surface area (Å²) >= 11 is -1.68. The predicted octanol–water partition coefficient (Wildman–Crippen LogP) is 3.25. The van der Waals surface area contributed by atoms with Crippen LogP contribution in [-0.2, 0) is 25.3 Å². The minimum Gasteiger partial charge on any atom is -0.379 e. The van der Waals surface area contributed by atoms with E-state index in [4.69, 9.17) is 18.8 Å². The highest BCUT2D eigenvalue weighted by Crippen LogP contribution is 2.12. The van der Waals surface area contributed by atoms with E-state index in [9.17, 15) is 4.21 Å². The van der Waals surface area contributed by atoms with Gasteiger partial charge >= 0.3 is 0 Å². The molecular formula is C16H34O5S. The quantitative estimate of drug-likeness (QED) is 0.326. The van der Waals surface area contributed by atoms with Crippen LogP contribution in [0.15, 0.2) is 0 Å². The summed E-state index contributed by atoms with van der Waals surface area (Å²) in [6.45, 7) is 8.28. The van der Waals surface area contributed by atoms with E-state index in [1.807, 2.05) is 0 Å². The fourth-order valence-corrected chi connectivity index (χ4v) is 2.47. The van der Waals surface area contributed by atoms with E-state index in [1.54, 1.807) is 0 Å². The molecule has 0 aromatic rings. The third kappa shape index (κ3) is 16.4. The van der Waals surface area contributed by atoms with Gasteiger partial charge in [-0.05, 0) is 25.2 Å². The van der Waals surface area contributed by atoms with E-state index in [0.29, 0.717) is 51.1 Å². The van der Waals surface area contributed by atoms with Gasteiger partial charge < -0.3 is 18.8 Å². The first-order valence-electron chi connectivity index (χ1n) is 8.51. The molecule has 5 nitrogen and oxygen atoms in total. The average Bonchev–Trinajstić information content (AvgIpc) is 2.51. The van der Waals surface area contributed by atoms with Crippen LogP contribution in [0.5, 0.6) is 0 Å². The molecule has 0 radical (unpaired) electrons. The van der Waals surface area contributed by atoms with Crippen molar-refractivity contribution < 1.29 is 23.0 Å². The van der Waals surface area contributed by atoms with Crippen LogP contribution in [0, 0.1) is 5.92 Å². The van der Waals surface area contributed by atoms with E-state index in [-0.39, 0.29) is 0 Å². The van der Waals surface area contributed by atoms with Crippen molar-refractivity contribution in [3.63, 3.8) is 0 Å². The second kappa shape index (κ2) is 17.3. The summed E-state index contributed by atoms with van der Waals surface area (Å²) in [6.07, 6.45) is 6.49. The summed E-state index contributed by atoms with van der Waals surface area (Å²) in [4.78, 5) is 0. The van der Waals surface area contributed by atoms with E-state index in [0.717, 1.165) is 13.0 Å². The molecule has 0 aromatic carbocycles. The maximum absolute atomic E-state index is 10.4. The fourth-order valence-electron chi connectivity index (χ4n) is 2.02. The minimum absolute atomic E-state index is 0.328. The van der Waals surface area contributed by atoms with Crippen molar-refractivity contribution in [1.29, 1.82) is 0 Å². The van der Waals surface area contributed by atoms with Crippen LogP contribution in [0.25, 0.3) is 0 Å². The van der Waals surface area contributed by atoms with Crippen molar-refractivity contribution >= 4 is 11.1 Å². The molecule has 0 saturated heterocycles. The SMILES string of the molecule is CCCCC(CC)COCCOCCOCCCCS(=O)O. The Labute approximate surface area is 138 Å². The molecule has 0 saturated carbocycles. The summed E-state index contributed by atoms with van der Waals surface area (Å²) < 4.78 is 35.5. The molecule has 0 fully saturated rings. The van der Waals surface area contributed by atoms with Gasteiger partial charge in [-0.2, -0.15) is 0 Å². The molecule has 0 rings (SSSR count). The third-order valence-electron chi connectivity index (χ3n) is 3.50. The molecule has 0 aliphatic rings. The van der Waals surface area contributed by atoms with E-state index in [2.05, 4.69) is 13.8 Å². The Morgan fingerprint density at radius 3 is 2.14 bits per heavy atom. The van der Waals surface area contributed by atoms with Crippen molar-refractivity contribution in [2.45, 2.75) is 52.4 Å². The fraction of sp³-hybridized carbons (Fsp3) is 1.00. The smallest absolute Gasteiger partial charge is 0.152 e. The molecule has 0 spiro atoms. The van der Waals surface area contributed by atoms with Crippen LogP contribution in [0.3, 0.4) is 0 Å². The Bertz CT molecular complexity index is 251. The molecule has 6 heteroatoms. The Morgan fingerprint density at radius 2 is 1.55 bits per heavy atom. The molecule has 134 valence electrons. The molecule has 0 bridgehead atoms. The van der Waals surface area contributed by atoms with Crippen LogP contribution in [0.2, 0.25) is 0 Å². The lowest BCUT2D eigenvalue weighted by Gasteiger charge is -2.14. The van der Waals surface area contributed by atoms with E-state index >= 15 is 0 Å². The zero-order chi connectivity index (χ0) is 16.5. The second-order valence-electron chi connectivity index (χ2n) is 5.45. The van der Waals surface area contributed by atoms with Crippen LogP contribution in [0.1, 0.15) is 52.4 Å². The zero-order valence-electron chi connectivity index (χ0n) is 14.3. The molecule has 1 N–H and O–H groups in total. The van der Waals surface area contributed by atoms with Crippen molar-refractivity contribution in [3.05, 3.63) is 0 Å².